The third-order valence-corrected chi connectivity index (χ3v) is 3.50. The molecule has 100 valence electrons. The molecule has 18 heavy (non-hydrogen) atoms. The number of tetrazole rings is 1. The van der Waals surface area contributed by atoms with Crippen LogP contribution in [0.1, 0.15) is 33.2 Å². The van der Waals surface area contributed by atoms with Crippen LogP contribution in [0.15, 0.2) is 11.1 Å². The molecule has 1 aromatic rings. The summed E-state index contributed by atoms with van der Waals surface area (Å²) in [7, 11) is 1.69. The Kier molecular flexibility index (Phi) is 3.96. The zero-order valence-electron chi connectivity index (χ0n) is 11.6. The third kappa shape index (κ3) is 2.53. The second kappa shape index (κ2) is 5.48. The fourth-order valence-corrected chi connectivity index (χ4v) is 2.18. The van der Waals surface area contributed by atoms with E-state index in [1.807, 2.05) is 4.68 Å². The highest BCUT2D eigenvalue weighted by atomic mass is 16.5. The monoisotopic (exact) mass is 251 g/mol. The van der Waals surface area contributed by atoms with Gasteiger partial charge in [0.2, 0.25) is 5.95 Å². The smallest absolute Gasteiger partial charge is 0.246 e. The zero-order valence-corrected chi connectivity index (χ0v) is 11.6. The highest BCUT2D eigenvalue weighted by molar-refractivity contribution is 5.36. The summed E-state index contributed by atoms with van der Waals surface area (Å²) in [4.78, 5) is 2.23. The summed E-state index contributed by atoms with van der Waals surface area (Å²) < 4.78 is 7.01. The third-order valence-electron chi connectivity index (χ3n) is 3.50. The summed E-state index contributed by atoms with van der Waals surface area (Å²) in [5.41, 5.74) is 2.89. The van der Waals surface area contributed by atoms with Crippen LogP contribution in [0.5, 0.6) is 0 Å². The van der Waals surface area contributed by atoms with Gasteiger partial charge in [0.05, 0.1) is 12.6 Å². The predicted octanol–water partition coefficient (Wildman–Crippen LogP) is 1.43. The lowest BCUT2D eigenvalue weighted by Crippen LogP contribution is -2.34. The van der Waals surface area contributed by atoms with Crippen molar-refractivity contribution < 1.29 is 4.74 Å². The van der Waals surface area contributed by atoms with Gasteiger partial charge in [-0.25, -0.2) is 4.68 Å². The SMILES string of the molecule is COCC(C)n1nnnc1N1CCC(C)=C(C)C1. The van der Waals surface area contributed by atoms with E-state index in [-0.39, 0.29) is 6.04 Å². The van der Waals surface area contributed by atoms with Crippen molar-refractivity contribution in [1.82, 2.24) is 20.2 Å². The molecular weight excluding hydrogens is 230 g/mol. The molecule has 0 radical (unpaired) electrons. The first kappa shape index (κ1) is 13.0. The Labute approximate surface area is 108 Å². The molecule has 0 saturated carbocycles. The van der Waals surface area contributed by atoms with Crippen molar-refractivity contribution in [3.63, 3.8) is 0 Å². The molecular formula is C12H21N5O. The number of ether oxygens (including phenoxy) is 1. The van der Waals surface area contributed by atoms with Gasteiger partial charge < -0.3 is 9.64 Å². The number of anilines is 1. The second-order valence-electron chi connectivity index (χ2n) is 4.96. The molecule has 1 atom stereocenters. The van der Waals surface area contributed by atoms with Crippen LogP contribution in [0.25, 0.3) is 0 Å². The van der Waals surface area contributed by atoms with Gasteiger partial charge in [-0.15, -0.1) is 0 Å². The van der Waals surface area contributed by atoms with E-state index in [1.54, 1.807) is 7.11 Å². The van der Waals surface area contributed by atoms with Crippen LogP contribution in [0.4, 0.5) is 5.95 Å². The van der Waals surface area contributed by atoms with E-state index in [1.165, 1.54) is 11.1 Å². The largest absolute Gasteiger partial charge is 0.382 e. The zero-order chi connectivity index (χ0) is 13.1. The molecule has 6 nitrogen and oxygen atoms in total. The first-order valence-electron chi connectivity index (χ1n) is 6.30. The molecule has 1 aromatic heterocycles. The van der Waals surface area contributed by atoms with Gasteiger partial charge in [-0.3, -0.25) is 0 Å². The van der Waals surface area contributed by atoms with Crippen LogP contribution in [0, 0.1) is 0 Å². The Morgan fingerprint density at radius 1 is 1.33 bits per heavy atom. The first-order valence-corrected chi connectivity index (χ1v) is 6.30. The number of methoxy groups -OCH3 is 1. The van der Waals surface area contributed by atoms with E-state index in [4.69, 9.17) is 4.74 Å². The Morgan fingerprint density at radius 3 is 2.78 bits per heavy atom. The van der Waals surface area contributed by atoms with E-state index in [0.717, 1.165) is 25.5 Å². The van der Waals surface area contributed by atoms with Gasteiger partial charge in [0.25, 0.3) is 0 Å². The fraction of sp³-hybridized carbons (Fsp3) is 0.750. The van der Waals surface area contributed by atoms with Crippen molar-refractivity contribution in [2.45, 2.75) is 33.2 Å². The van der Waals surface area contributed by atoms with Crippen LogP contribution < -0.4 is 4.90 Å². The number of aromatic nitrogens is 4. The standard InChI is InChI=1S/C12H21N5O/c1-9-5-6-16(7-10(9)2)12-13-14-15-17(12)11(3)8-18-4/h11H,5-8H2,1-4H3. The average molecular weight is 251 g/mol. The number of rotatable bonds is 4. The summed E-state index contributed by atoms with van der Waals surface area (Å²) in [6, 6.07) is 0.146. The lowest BCUT2D eigenvalue weighted by Gasteiger charge is -2.29. The van der Waals surface area contributed by atoms with Crippen molar-refractivity contribution in [2.24, 2.45) is 0 Å². The van der Waals surface area contributed by atoms with Crippen molar-refractivity contribution >= 4 is 5.95 Å². The maximum absolute atomic E-state index is 5.16. The van der Waals surface area contributed by atoms with Crippen LogP contribution >= 0.6 is 0 Å². The molecule has 0 aliphatic carbocycles. The maximum Gasteiger partial charge on any atom is 0.246 e. The van der Waals surface area contributed by atoms with Crippen molar-refractivity contribution in [3.8, 4) is 0 Å². The Morgan fingerprint density at radius 2 is 2.11 bits per heavy atom. The fourth-order valence-electron chi connectivity index (χ4n) is 2.18. The Balaban J connectivity index is 2.17. The number of hydrogen-bond donors (Lipinski definition) is 0. The molecule has 1 unspecified atom stereocenters. The number of nitrogens with zero attached hydrogens (tertiary/aromatic N) is 5. The summed E-state index contributed by atoms with van der Waals surface area (Å²) in [6.07, 6.45) is 1.08. The summed E-state index contributed by atoms with van der Waals surface area (Å²) in [5, 5.41) is 12.0. The van der Waals surface area contributed by atoms with E-state index in [0.29, 0.717) is 6.61 Å². The normalized spacial score (nSPS) is 18.3. The minimum absolute atomic E-state index is 0.146. The van der Waals surface area contributed by atoms with E-state index < -0.39 is 0 Å². The molecule has 0 aromatic carbocycles. The summed E-state index contributed by atoms with van der Waals surface area (Å²) in [5.74, 6) is 0.839. The first-order chi connectivity index (χ1) is 8.63. The van der Waals surface area contributed by atoms with Gasteiger partial charge in [-0.1, -0.05) is 16.2 Å². The molecule has 0 spiro atoms. The highest BCUT2D eigenvalue weighted by Crippen LogP contribution is 2.22. The topological polar surface area (TPSA) is 56.1 Å². The maximum atomic E-state index is 5.16. The molecule has 2 heterocycles. The number of hydrogen-bond acceptors (Lipinski definition) is 5. The molecule has 1 aliphatic heterocycles. The van der Waals surface area contributed by atoms with Crippen LogP contribution in [0.3, 0.4) is 0 Å². The molecule has 0 fully saturated rings. The van der Waals surface area contributed by atoms with E-state index in [2.05, 4.69) is 41.2 Å². The van der Waals surface area contributed by atoms with Gasteiger partial charge in [0, 0.05) is 20.2 Å². The van der Waals surface area contributed by atoms with Crippen molar-refractivity contribution in [3.05, 3.63) is 11.1 Å². The van der Waals surface area contributed by atoms with Crippen molar-refractivity contribution in [2.75, 3.05) is 31.7 Å². The lowest BCUT2D eigenvalue weighted by atomic mass is 10.0. The van der Waals surface area contributed by atoms with Crippen LogP contribution in [-0.2, 0) is 4.74 Å². The van der Waals surface area contributed by atoms with Crippen LogP contribution in [-0.4, -0.2) is 47.0 Å². The van der Waals surface area contributed by atoms with E-state index >= 15 is 0 Å². The van der Waals surface area contributed by atoms with Crippen LogP contribution in [0.2, 0.25) is 0 Å². The summed E-state index contributed by atoms with van der Waals surface area (Å²) >= 11 is 0. The molecule has 2 rings (SSSR count). The molecule has 0 bridgehead atoms. The predicted molar refractivity (Wildman–Crippen MR) is 69.6 cm³/mol. The molecule has 0 amide bonds. The minimum atomic E-state index is 0.146. The van der Waals surface area contributed by atoms with E-state index in [9.17, 15) is 0 Å². The highest BCUT2D eigenvalue weighted by Gasteiger charge is 2.21. The molecule has 1 aliphatic rings. The van der Waals surface area contributed by atoms with Gasteiger partial charge in [0.15, 0.2) is 0 Å². The van der Waals surface area contributed by atoms with Gasteiger partial charge >= 0.3 is 0 Å². The molecule has 0 saturated heterocycles. The van der Waals surface area contributed by atoms with Gasteiger partial charge in [0.1, 0.15) is 0 Å². The Hall–Kier alpha value is -1.43. The minimum Gasteiger partial charge on any atom is -0.382 e. The molecule has 6 heteroatoms. The second-order valence-corrected chi connectivity index (χ2v) is 4.96. The van der Waals surface area contributed by atoms with Gasteiger partial charge in [-0.05, 0) is 37.6 Å². The Bertz CT molecular complexity index is 439. The average Bonchev–Trinajstić information content (AvgIpc) is 2.82. The van der Waals surface area contributed by atoms with Gasteiger partial charge in [-0.2, -0.15) is 0 Å². The quantitative estimate of drug-likeness (QED) is 0.758. The molecule has 0 N–H and O–H groups in total. The van der Waals surface area contributed by atoms with Crippen molar-refractivity contribution in [1.29, 1.82) is 0 Å². The summed E-state index contributed by atoms with van der Waals surface area (Å²) in [6.45, 7) is 8.92. The lowest BCUT2D eigenvalue weighted by molar-refractivity contribution is 0.156.